The standard InChI is InChI=1S/C21H40N4/c1-20(2,3)12-7-13-25-16-19(23-24-25)15-22-18-10-8-17(9-11-18)14-21(4,5)6/h16-18,22H,7-15H2,1-6H3. The van der Waals surface area contributed by atoms with Crippen molar-refractivity contribution in [1.29, 1.82) is 0 Å². The van der Waals surface area contributed by atoms with Crippen molar-refractivity contribution in [3.05, 3.63) is 11.9 Å². The van der Waals surface area contributed by atoms with Crippen LogP contribution in [-0.2, 0) is 13.1 Å². The Labute approximate surface area is 155 Å². The van der Waals surface area contributed by atoms with E-state index in [0.29, 0.717) is 16.9 Å². The molecule has 0 unspecified atom stereocenters. The molecule has 1 heterocycles. The van der Waals surface area contributed by atoms with Gasteiger partial charge in [0.15, 0.2) is 0 Å². The van der Waals surface area contributed by atoms with Gasteiger partial charge in [0.25, 0.3) is 0 Å². The minimum atomic E-state index is 0.400. The summed E-state index contributed by atoms with van der Waals surface area (Å²) in [6, 6.07) is 0.655. The third-order valence-electron chi connectivity index (χ3n) is 5.22. The predicted octanol–water partition coefficient (Wildman–Crippen LogP) is 5.19. The van der Waals surface area contributed by atoms with E-state index < -0.39 is 0 Å². The average Bonchev–Trinajstić information content (AvgIpc) is 2.91. The fraction of sp³-hybridized carbons (Fsp3) is 0.905. The minimum Gasteiger partial charge on any atom is -0.308 e. The minimum absolute atomic E-state index is 0.400. The van der Waals surface area contributed by atoms with Gasteiger partial charge in [-0.2, -0.15) is 0 Å². The average molecular weight is 349 g/mol. The fourth-order valence-electron chi connectivity index (χ4n) is 3.99. The van der Waals surface area contributed by atoms with E-state index in [9.17, 15) is 0 Å². The Morgan fingerprint density at radius 3 is 2.32 bits per heavy atom. The molecular weight excluding hydrogens is 308 g/mol. The molecule has 144 valence electrons. The maximum atomic E-state index is 4.33. The highest BCUT2D eigenvalue weighted by Crippen LogP contribution is 2.34. The van der Waals surface area contributed by atoms with E-state index in [1.807, 2.05) is 4.68 Å². The van der Waals surface area contributed by atoms with Crippen molar-refractivity contribution < 1.29 is 0 Å². The molecule has 0 amide bonds. The highest BCUT2D eigenvalue weighted by Gasteiger charge is 2.24. The first-order chi connectivity index (χ1) is 11.6. The van der Waals surface area contributed by atoms with Gasteiger partial charge in [-0.1, -0.05) is 46.8 Å². The van der Waals surface area contributed by atoms with Gasteiger partial charge >= 0.3 is 0 Å². The summed E-state index contributed by atoms with van der Waals surface area (Å²) in [6.45, 7) is 15.8. The Morgan fingerprint density at radius 2 is 1.72 bits per heavy atom. The van der Waals surface area contributed by atoms with Crippen LogP contribution in [0.15, 0.2) is 6.20 Å². The van der Waals surface area contributed by atoms with Crippen LogP contribution in [0, 0.1) is 16.7 Å². The van der Waals surface area contributed by atoms with Crippen LogP contribution in [0.5, 0.6) is 0 Å². The van der Waals surface area contributed by atoms with Crippen molar-refractivity contribution in [3.63, 3.8) is 0 Å². The van der Waals surface area contributed by atoms with E-state index in [-0.39, 0.29) is 0 Å². The zero-order valence-corrected chi connectivity index (χ0v) is 17.4. The summed E-state index contributed by atoms with van der Waals surface area (Å²) in [5.74, 6) is 0.918. The number of hydrogen-bond donors (Lipinski definition) is 1. The van der Waals surface area contributed by atoms with E-state index in [2.05, 4.69) is 63.4 Å². The lowest BCUT2D eigenvalue weighted by Gasteiger charge is -2.33. The molecule has 1 aliphatic rings. The summed E-state index contributed by atoms with van der Waals surface area (Å²) < 4.78 is 2.00. The van der Waals surface area contributed by atoms with E-state index in [4.69, 9.17) is 0 Å². The predicted molar refractivity (Wildman–Crippen MR) is 105 cm³/mol. The highest BCUT2D eigenvalue weighted by molar-refractivity contribution is 4.93. The molecule has 0 atom stereocenters. The summed E-state index contributed by atoms with van der Waals surface area (Å²) in [4.78, 5) is 0. The Hall–Kier alpha value is -0.900. The molecule has 0 spiro atoms. The molecule has 1 N–H and O–H groups in total. The molecule has 0 aliphatic heterocycles. The molecule has 0 radical (unpaired) electrons. The SMILES string of the molecule is CC(C)(C)CCCn1cc(CNC2CCC(CC(C)(C)C)CC2)nn1. The first-order valence-corrected chi connectivity index (χ1v) is 10.2. The Balaban J connectivity index is 1.66. The Kier molecular flexibility index (Phi) is 7.07. The lowest BCUT2D eigenvalue weighted by atomic mass is 9.76. The lowest BCUT2D eigenvalue weighted by molar-refractivity contribution is 0.215. The molecule has 0 bridgehead atoms. The van der Waals surface area contributed by atoms with E-state index in [1.54, 1.807) is 0 Å². The molecule has 2 rings (SSSR count). The van der Waals surface area contributed by atoms with Crippen LogP contribution in [0.4, 0.5) is 0 Å². The van der Waals surface area contributed by atoms with Crippen molar-refractivity contribution in [2.24, 2.45) is 16.7 Å². The van der Waals surface area contributed by atoms with Crippen LogP contribution >= 0.6 is 0 Å². The van der Waals surface area contributed by atoms with Gasteiger partial charge in [-0.15, -0.1) is 5.10 Å². The largest absolute Gasteiger partial charge is 0.308 e. The monoisotopic (exact) mass is 348 g/mol. The molecule has 1 aliphatic carbocycles. The van der Waals surface area contributed by atoms with Crippen molar-refractivity contribution in [1.82, 2.24) is 20.3 Å². The van der Waals surface area contributed by atoms with Crippen LogP contribution in [0.3, 0.4) is 0 Å². The van der Waals surface area contributed by atoms with Gasteiger partial charge in [0.1, 0.15) is 0 Å². The van der Waals surface area contributed by atoms with Gasteiger partial charge in [-0.25, -0.2) is 0 Å². The van der Waals surface area contributed by atoms with Gasteiger partial charge in [-0.3, -0.25) is 4.68 Å². The number of nitrogens with zero attached hydrogens (tertiary/aromatic N) is 3. The van der Waals surface area contributed by atoms with Crippen molar-refractivity contribution in [2.75, 3.05) is 0 Å². The zero-order valence-electron chi connectivity index (χ0n) is 17.4. The summed E-state index contributed by atoms with van der Waals surface area (Å²) >= 11 is 0. The maximum Gasteiger partial charge on any atom is 0.0964 e. The lowest BCUT2D eigenvalue weighted by Crippen LogP contribution is -2.33. The summed E-state index contributed by atoms with van der Waals surface area (Å²) in [5.41, 5.74) is 1.94. The first kappa shape index (κ1) is 20.4. The van der Waals surface area contributed by atoms with Gasteiger partial charge in [-0.05, 0) is 61.7 Å². The second kappa shape index (κ2) is 8.66. The quantitative estimate of drug-likeness (QED) is 0.737. The Morgan fingerprint density at radius 1 is 1.04 bits per heavy atom. The zero-order chi connectivity index (χ0) is 18.5. The number of aromatic nitrogens is 3. The van der Waals surface area contributed by atoms with Gasteiger partial charge in [0.2, 0.25) is 0 Å². The second-order valence-corrected chi connectivity index (χ2v) is 10.5. The van der Waals surface area contributed by atoms with E-state index >= 15 is 0 Å². The molecule has 0 saturated heterocycles. The maximum absolute atomic E-state index is 4.33. The fourth-order valence-corrected chi connectivity index (χ4v) is 3.99. The second-order valence-electron chi connectivity index (χ2n) is 10.5. The third-order valence-corrected chi connectivity index (χ3v) is 5.22. The molecule has 1 aromatic rings. The number of hydrogen-bond acceptors (Lipinski definition) is 3. The summed E-state index contributed by atoms with van der Waals surface area (Å²) in [7, 11) is 0. The van der Waals surface area contributed by atoms with Gasteiger partial charge < -0.3 is 5.32 Å². The highest BCUT2D eigenvalue weighted by atomic mass is 15.4. The molecule has 0 aromatic carbocycles. The Bertz CT molecular complexity index is 499. The first-order valence-electron chi connectivity index (χ1n) is 10.2. The molecule has 1 saturated carbocycles. The summed E-state index contributed by atoms with van der Waals surface area (Å²) in [6.07, 6.45) is 11.2. The molecular formula is C21H40N4. The van der Waals surface area contributed by atoms with E-state index in [0.717, 1.165) is 31.1 Å². The topological polar surface area (TPSA) is 42.7 Å². The van der Waals surface area contributed by atoms with Crippen LogP contribution < -0.4 is 5.32 Å². The van der Waals surface area contributed by atoms with Crippen molar-refractivity contribution in [3.8, 4) is 0 Å². The number of nitrogens with one attached hydrogen (secondary N) is 1. The summed E-state index contributed by atoms with van der Waals surface area (Å²) in [5, 5.41) is 12.3. The van der Waals surface area contributed by atoms with Crippen molar-refractivity contribution in [2.45, 2.75) is 106 Å². The van der Waals surface area contributed by atoms with Crippen LogP contribution in [-0.4, -0.2) is 21.0 Å². The molecule has 1 aromatic heterocycles. The van der Waals surface area contributed by atoms with Crippen LogP contribution in [0.25, 0.3) is 0 Å². The smallest absolute Gasteiger partial charge is 0.0964 e. The van der Waals surface area contributed by atoms with Gasteiger partial charge in [0.05, 0.1) is 5.69 Å². The van der Waals surface area contributed by atoms with E-state index in [1.165, 1.54) is 38.5 Å². The van der Waals surface area contributed by atoms with Crippen molar-refractivity contribution >= 4 is 0 Å². The third kappa shape index (κ3) is 8.35. The van der Waals surface area contributed by atoms with Crippen LogP contribution in [0.1, 0.15) is 92.2 Å². The molecule has 25 heavy (non-hydrogen) atoms. The normalized spacial score (nSPS) is 22.3. The number of rotatable bonds is 7. The van der Waals surface area contributed by atoms with Crippen LogP contribution in [0.2, 0.25) is 0 Å². The molecule has 1 fully saturated rings. The van der Waals surface area contributed by atoms with Gasteiger partial charge in [0, 0.05) is 25.3 Å². The molecule has 4 nitrogen and oxygen atoms in total. The number of aryl methyl sites for hydroxylation is 1. The molecule has 4 heteroatoms.